The molecular formula is C20H19N3O4S. The lowest BCUT2D eigenvalue weighted by atomic mass is 10.2. The lowest BCUT2D eigenvalue weighted by Crippen LogP contribution is -2.15. The molecule has 1 N–H and O–H groups in total. The molecule has 3 aromatic rings. The van der Waals surface area contributed by atoms with E-state index in [1.54, 1.807) is 30.5 Å². The fourth-order valence-electron chi connectivity index (χ4n) is 2.39. The minimum absolute atomic E-state index is 0.130. The average molecular weight is 397 g/mol. The molecule has 3 rings (SSSR count). The average Bonchev–Trinajstić information content (AvgIpc) is 3.14. The lowest BCUT2D eigenvalue weighted by molar-refractivity contribution is -0.115. The van der Waals surface area contributed by atoms with E-state index in [9.17, 15) is 9.59 Å². The smallest absolute Gasteiger partial charge is 0.337 e. The van der Waals surface area contributed by atoms with Gasteiger partial charge in [0.2, 0.25) is 5.91 Å². The Hall–Kier alpha value is -3.26. The van der Waals surface area contributed by atoms with Crippen molar-refractivity contribution >= 4 is 28.9 Å². The predicted molar refractivity (Wildman–Crippen MR) is 106 cm³/mol. The number of aromatic nitrogens is 2. The minimum atomic E-state index is -0.455. The maximum Gasteiger partial charge on any atom is 0.337 e. The third-order valence-electron chi connectivity index (χ3n) is 3.75. The van der Waals surface area contributed by atoms with Crippen molar-refractivity contribution < 1.29 is 19.1 Å². The summed E-state index contributed by atoms with van der Waals surface area (Å²) in [6.07, 6.45) is 1.80. The van der Waals surface area contributed by atoms with Crippen molar-refractivity contribution in [1.82, 2.24) is 9.97 Å². The summed E-state index contributed by atoms with van der Waals surface area (Å²) in [5, 5.41) is 5.36. The van der Waals surface area contributed by atoms with E-state index in [2.05, 4.69) is 20.0 Å². The minimum Gasteiger partial charge on any atom is -0.485 e. The number of pyridine rings is 1. The number of thiazole rings is 1. The van der Waals surface area contributed by atoms with Crippen LogP contribution in [0.4, 0.5) is 5.69 Å². The van der Waals surface area contributed by atoms with Crippen molar-refractivity contribution in [1.29, 1.82) is 0 Å². The fraction of sp³-hybridized carbons (Fsp3) is 0.200. The molecule has 2 heterocycles. The van der Waals surface area contributed by atoms with Gasteiger partial charge in [-0.3, -0.25) is 9.78 Å². The number of rotatable bonds is 7. The summed E-state index contributed by atoms with van der Waals surface area (Å²) in [4.78, 5) is 32.4. The van der Waals surface area contributed by atoms with E-state index in [1.165, 1.54) is 18.4 Å². The second kappa shape index (κ2) is 9.09. The highest BCUT2D eigenvalue weighted by Gasteiger charge is 2.11. The number of aryl methyl sites for hydroxylation is 1. The summed E-state index contributed by atoms with van der Waals surface area (Å²) in [7, 11) is 1.31. The second-order valence-corrected chi connectivity index (χ2v) is 6.90. The number of methoxy groups -OCH3 is 1. The molecule has 0 aliphatic carbocycles. The molecule has 0 aliphatic heterocycles. The van der Waals surface area contributed by atoms with Crippen LogP contribution in [0.3, 0.4) is 0 Å². The van der Waals surface area contributed by atoms with E-state index in [0.29, 0.717) is 29.3 Å². The Kier molecular flexibility index (Phi) is 6.33. The van der Waals surface area contributed by atoms with Gasteiger partial charge in [0.25, 0.3) is 0 Å². The second-order valence-electron chi connectivity index (χ2n) is 5.95. The van der Waals surface area contributed by atoms with Crippen LogP contribution >= 0.6 is 11.3 Å². The van der Waals surface area contributed by atoms with Crippen molar-refractivity contribution in [3.05, 3.63) is 69.9 Å². The number of hydrogen-bond donors (Lipinski definition) is 1. The quantitative estimate of drug-likeness (QED) is 0.615. The van der Waals surface area contributed by atoms with Gasteiger partial charge in [-0.1, -0.05) is 6.07 Å². The lowest BCUT2D eigenvalue weighted by Gasteiger charge is -2.06. The van der Waals surface area contributed by atoms with Gasteiger partial charge in [0.1, 0.15) is 17.4 Å². The molecular weight excluding hydrogens is 378 g/mol. The van der Waals surface area contributed by atoms with Crippen molar-refractivity contribution in [2.75, 3.05) is 12.4 Å². The summed E-state index contributed by atoms with van der Waals surface area (Å²) in [5.74, 6) is -0.00267. The number of carbonyl (C=O) groups is 2. The topological polar surface area (TPSA) is 90.4 Å². The molecule has 1 aromatic carbocycles. The number of hydrogen-bond acceptors (Lipinski definition) is 7. The zero-order valence-corrected chi connectivity index (χ0v) is 16.3. The van der Waals surface area contributed by atoms with E-state index >= 15 is 0 Å². The largest absolute Gasteiger partial charge is 0.485 e. The number of ether oxygens (including phenoxy) is 2. The van der Waals surface area contributed by atoms with Crippen molar-refractivity contribution in [3.8, 4) is 5.75 Å². The van der Waals surface area contributed by atoms with Crippen molar-refractivity contribution in [2.45, 2.75) is 20.0 Å². The van der Waals surface area contributed by atoms with Crippen LogP contribution in [-0.4, -0.2) is 29.0 Å². The first-order valence-corrected chi connectivity index (χ1v) is 9.38. The molecule has 0 bridgehead atoms. The first kappa shape index (κ1) is 19.5. The molecule has 0 spiro atoms. The third-order valence-corrected chi connectivity index (χ3v) is 4.63. The van der Waals surface area contributed by atoms with E-state index in [4.69, 9.17) is 4.74 Å². The summed E-state index contributed by atoms with van der Waals surface area (Å²) in [6, 6.07) is 10.3. The molecule has 0 unspecified atom stereocenters. The fourth-order valence-corrected chi connectivity index (χ4v) is 3.10. The maximum absolute atomic E-state index is 12.3. The van der Waals surface area contributed by atoms with Crippen LogP contribution in [0.15, 0.2) is 48.0 Å². The standard InChI is InChI=1S/C20H19N3O4S/c1-13-6-7-17(10-21-13)27-11-19-23-16(12-28-19)9-18(24)22-15-5-3-4-14(8-15)20(25)26-2/h3-8,10,12H,9,11H2,1-2H3,(H,22,24). The molecule has 1 amide bonds. The van der Waals surface area contributed by atoms with Gasteiger partial charge < -0.3 is 14.8 Å². The third kappa shape index (κ3) is 5.37. The van der Waals surface area contributed by atoms with Gasteiger partial charge in [-0.25, -0.2) is 9.78 Å². The number of anilines is 1. The molecule has 0 aliphatic rings. The Morgan fingerprint density at radius 1 is 1.21 bits per heavy atom. The van der Waals surface area contributed by atoms with Crippen molar-refractivity contribution in [3.63, 3.8) is 0 Å². The van der Waals surface area contributed by atoms with E-state index < -0.39 is 5.97 Å². The summed E-state index contributed by atoms with van der Waals surface area (Å²) < 4.78 is 10.3. The molecule has 0 radical (unpaired) electrons. The molecule has 7 nitrogen and oxygen atoms in total. The van der Waals surface area contributed by atoms with Crippen LogP contribution < -0.4 is 10.1 Å². The first-order valence-electron chi connectivity index (χ1n) is 8.50. The normalized spacial score (nSPS) is 10.4. The molecule has 0 atom stereocenters. The molecule has 0 saturated heterocycles. The van der Waals surface area contributed by atoms with E-state index in [0.717, 1.165) is 10.7 Å². The van der Waals surface area contributed by atoms with Gasteiger partial charge >= 0.3 is 5.97 Å². The van der Waals surface area contributed by atoms with Gasteiger partial charge in [-0.2, -0.15) is 0 Å². The Morgan fingerprint density at radius 3 is 2.82 bits per heavy atom. The highest BCUT2D eigenvalue weighted by molar-refractivity contribution is 7.09. The van der Waals surface area contributed by atoms with Crippen LogP contribution in [0.1, 0.15) is 26.8 Å². The Bertz CT molecular complexity index is 970. The van der Waals surface area contributed by atoms with E-state index in [1.807, 2.05) is 24.4 Å². The van der Waals surface area contributed by atoms with Crippen LogP contribution in [0.5, 0.6) is 5.75 Å². The van der Waals surface area contributed by atoms with Crippen molar-refractivity contribution in [2.24, 2.45) is 0 Å². The Morgan fingerprint density at radius 2 is 2.07 bits per heavy atom. The van der Waals surface area contributed by atoms with Gasteiger partial charge in [0.15, 0.2) is 0 Å². The van der Waals surface area contributed by atoms with Gasteiger partial charge in [0, 0.05) is 16.8 Å². The number of esters is 1. The molecule has 8 heteroatoms. The molecule has 28 heavy (non-hydrogen) atoms. The zero-order chi connectivity index (χ0) is 19.9. The predicted octanol–water partition coefficient (Wildman–Crippen LogP) is 3.39. The monoisotopic (exact) mass is 397 g/mol. The molecule has 0 saturated carbocycles. The van der Waals surface area contributed by atoms with E-state index in [-0.39, 0.29) is 12.3 Å². The Labute approximate surface area is 166 Å². The summed E-state index contributed by atoms with van der Waals surface area (Å²) in [5.41, 5.74) is 2.48. The highest BCUT2D eigenvalue weighted by Crippen LogP contribution is 2.16. The highest BCUT2D eigenvalue weighted by atomic mass is 32.1. The van der Waals surface area contributed by atoms with Crippen LogP contribution in [0.2, 0.25) is 0 Å². The maximum atomic E-state index is 12.3. The molecule has 144 valence electrons. The summed E-state index contributed by atoms with van der Waals surface area (Å²) >= 11 is 1.43. The Balaban J connectivity index is 1.53. The van der Waals surface area contributed by atoms with Gasteiger partial charge in [-0.05, 0) is 37.3 Å². The number of benzene rings is 1. The van der Waals surface area contributed by atoms with Crippen LogP contribution in [0.25, 0.3) is 0 Å². The zero-order valence-electron chi connectivity index (χ0n) is 15.5. The number of nitrogens with zero attached hydrogens (tertiary/aromatic N) is 2. The van der Waals surface area contributed by atoms with Crippen LogP contribution in [-0.2, 0) is 22.6 Å². The van der Waals surface area contributed by atoms with Gasteiger partial charge in [-0.15, -0.1) is 11.3 Å². The molecule has 2 aromatic heterocycles. The van der Waals surface area contributed by atoms with Gasteiger partial charge in [0.05, 0.1) is 31.0 Å². The first-order chi connectivity index (χ1) is 13.5. The number of amides is 1. The molecule has 0 fully saturated rings. The summed E-state index contributed by atoms with van der Waals surface area (Å²) in [6.45, 7) is 2.23. The SMILES string of the molecule is COC(=O)c1cccc(NC(=O)Cc2csc(COc3ccc(C)nc3)n2)c1. The van der Waals surface area contributed by atoms with Crippen LogP contribution in [0, 0.1) is 6.92 Å². The number of nitrogens with one attached hydrogen (secondary N) is 1. The number of carbonyl (C=O) groups excluding carboxylic acids is 2.